The summed E-state index contributed by atoms with van der Waals surface area (Å²) in [6, 6.07) is 19.2. The van der Waals surface area contributed by atoms with Gasteiger partial charge in [0.05, 0.1) is 19.9 Å². The van der Waals surface area contributed by atoms with Gasteiger partial charge in [-0.05, 0) is 24.6 Å². The molecule has 2 aromatic heterocycles. The summed E-state index contributed by atoms with van der Waals surface area (Å²) in [5.74, 6) is 0.997. The van der Waals surface area contributed by atoms with Crippen LogP contribution in [0.25, 0.3) is 11.3 Å². The van der Waals surface area contributed by atoms with Gasteiger partial charge in [-0.15, -0.1) is 0 Å². The average molecular weight is 414 g/mol. The van der Waals surface area contributed by atoms with E-state index in [1.54, 1.807) is 20.2 Å². The number of aryl methyl sites for hydroxylation is 1. The van der Waals surface area contributed by atoms with E-state index in [0.29, 0.717) is 12.2 Å². The molecule has 0 aliphatic heterocycles. The number of rotatable bonds is 7. The van der Waals surface area contributed by atoms with Gasteiger partial charge in [0.2, 0.25) is 5.95 Å². The van der Waals surface area contributed by atoms with Gasteiger partial charge in [0.1, 0.15) is 11.4 Å². The number of hydrogen-bond acceptors (Lipinski definition) is 6. The Kier molecular flexibility index (Phi) is 5.89. The summed E-state index contributed by atoms with van der Waals surface area (Å²) in [7, 11) is 1.63. The minimum Gasteiger partial charge on any atom is -0.496 e. The van der Waals surface area contributed by atoms with Gasteiger partial charge in [-0.1, -0.05) is 42.5 Å². The molecule has 0 amide bonds. The molecule has 2 N–H and O–H groups in total. The van der Waals surface area contributed by atoms with Crippen LogP contribution in [-0.4, -0.2) is 33.1 Å². The Hall–Kier alpha value is -4.20. The van der Waals surface area contributed by atoms with E-state index in [4.69, 9.17) is 9.84 Å². The molecule has 0 spiro atoms. The Labute approximate surface area is 179 Å². The number of hydrazone groups is 1. The zero-order valence-corrected chi connectivity index (χ0v) is 17.2. The van der Waals surface area contributed by atoms with Crippen LogP contribution in [0.3, 0.4) is 0 Å². The number of nitrogens with zero attached hydrogens (tertiary/aromatic N) is 4. The lowest BCUT2D eigenvalue weighted by atomic mass is 10.1. The summed E-state index contributed by atoms with van der Waals surface area (Å²) in [4.78, 5) is 18.4. The fraction of sp³-hybridized carbons (Fsp3) is 0.130. The van der Waals surface area contributed by atoms with Gasteiger partial charge in [0, 0.05) is 29.1 Å². The smallest absolute Gasteiger partial charge is 0.252 e. The van der Waals surface area contributed by atoms with Crippen molar-refractivity contribution in [1.29, 1.82) is 0 Å². The molecule has 0 atom stereocenters. The first-order valence-corrected chi connectivity index (χ1v) is 9.74. The van der Waals surface area contributed by atoms with Crippen molar-refractivity contribution >= 4 is 12.2 Å². The van der Waals surface area contributed by atoms with Crippen LogP contribution in [0.15, 0.2) is 76.8 Å². The van der Waals surface area contributed by atoms with Gasteiger partial charge < -0.3 is 4.74 Å². The van der Waals surface area contributed by atoms with E-state index < -0.39 is 0 Å². The molecule has 2 aromatic carbocycles. The largest absolute Gasteiger partial charge is 0.496 e. The van der Waals surface area contributed by atoms with Crippen LogP contribution in [0.1, 0.15) is 16.8 Å². The Morgan fingerprint density at radius 3 is 2.71 bits per heavy atom. The van der Waals surface area contributed by atoms with Gasteiger partial charge in [-0.3, -0.25) is 14.5 Å². The molecule has 31 heavy (non-hydrogen) atoms. The number of hydrogen-bond donors (Lipinski definition) is 2. The number of methoxy groups -OCH3 is 1. The van der Waals surface area contributed by atoms with Crippen molar-refractivity contribution in [3.63, 3.8) is 0 Å². The van der Waals surface area contributed by atoms with Crippen molar-refractivity contribution < 1.29 is 4.74 Å². The van der Waals surface area contributed by atoms with Gasteiger partial charge >= 0.3 is 0 Å². The summed E-state index contributed by atoms with van der Waals surface area (Å²) >= 11 is 0. The summed E-state index contributed by atoms with van der Waals surface area (Å²) in [5, 5.41) is 9.04. The van der Waals surface area contributed by atoms with Crippen molar-refractivity contribution in [2.45, 2.75) is 13.5 Å². The zero-order valence-electron chi connectivity index (χ0n) is 17.2. The zero-order chi connectivity index (χ0) is 21.6. The molecule has 4 aromatic rings. The molecule has 0 saturated heterocycles. The Bertz CT molecular complexity index is 1260. The highest BCUT2D eigenvalue weighted by Crippen LogP contribution is 2.30. The quantitative estimate of drug-likeness (QED) is 0.357. The lowest BCUT2D eigenvalue weighted by Crippen LogP contribution is -2.10. The predicted octanol–water partition coefficient (Wildman–Crippen LogP) is 3.44. The summed E-state index contributed by atoms with van der Waals surface area (Å²) < 4.78 is 7.39. The Balaban J connectivity index is 1.68. The van der Waals surface area contributed by atoms with Crippen LogP contribution in [0.2, 0.25) is 0 Å². The van der Waals surface area contributed by atoms with E-state index >= 15 is 0 Å². The van der Waals surface area contributed by atoms with Crippen LogP contribution < -0.4 is 15.7 Å². The molecule has 156 valence electrons. The number of anilines is 1. The number of H-pyrrole nitrogens is 1. The maximum Gasteiger partial charge on any atom is 0.252 e. The third kappa shape index (κ3) is 4.87. The molecule has 0 unspecified atom stereocenters. The molecule has 0 bridgehead atoms. The van der Waals surface area contributed by atoms with Crippen LogP contribution in [0.4, 0.5) is 5.95 Å². The number of ether oxygens (including phenoxy) is 1. The SMILES string of the molecule is COc1ccccc1-c1nn(Cc2ccccc2)cc1/C=N\Nc1nc(C)cc(=O)[nH]1. The minimum atomic E-state index is -0.240. The maximum absolute atomic E-state index is 11.6. The van der Waals surface area contributed by atoms with Crippen molar-refractivity contribution in [2.75, 3.05) is 12.5 Å². The van der Waals surface area contributed by atoms with E-state index in [2.05, 4.69) is 32.6 Å². The number of aromatic nitrogens is 4. The van der Waals surface area contributed by atoms with Gasteiger partial charge in [-0.25, -0.2) is 10.4 Å². The number of para-hydroxylation sites is 1. The lowest BCUT2D eigenvalue weighted by molar-refractivity contribution is 0.416. The van der Waals surface area contributed by atoms with Crippen molar-refractivity contribution in [1.82, 2.24) is 19.7 Å². The molecule has 0 aliphatic rings. The monoisotopic (exact) mass is 414 g/mol. The average Bonchev–Trinajstić information content (AvgIpc) is 3.16. The molecular weight excluding hydrogens is 392 g/mol. The summed E-state index contributed by atoms with van der Waals surface area (Å²) in [5.41, 5.74) is 6.67. The summed E-state index contributed by atoms with van der Waals surface area (Å²) in [6.45, 7) is 2.37. The first kappa shape index (κ1) is 20.1. The molecule has 0 aliphatic carbocycles. The molecule has 0 saturated carbocycles. The number of nitrogens with one attached hydrogen (secondary N) is 2. The maximum atomic E-state index is 11.6. The Morgan fingerprint density at radius 2 is 1.94 bits per heavy atom. The topological polar surface area (TPSA) is 97.2 Å². The highest BCUT2D eigenvalue weighted by molar-refractivity contribution is 5.90. The number of aromatic amines is 1. The highest BCUT2D eigenvalue weighted by Gasteiger charge is 2.14. The van der Waals surface area contributed by atoms with Crippen LogP contribution in [0, 0.1) is 6.92 Å². The highest BCUT2D eigenvalue weighted by atomic mass is 16.5. The first-order valence-electron chi connectivity index (χ1n) is 9.74. The van der Waals surface area contributed by atoms with Gasteiger partial charge in [0.25, 0.3) is 5.56 Å². The van der Waals surface area contributed by atoms with E-state index in [9.17, 15) is 4.79 Å². The van der Waals surface area contributed by atoms with Gasteiger partial charge in [-0.2, -0.15) is 10.2 Å². The second-order valence-corrected chi connectivity index (χ2v) is 6.92. The standard InChI is InChI=1S/C23H22N6O2/c1-16-12-21(30)26-23(25-16)27-24-13-18-15-29(14-17-8-4-3-5-9-17)28-22(18)19-10-6-7-11-20(19)31-2/h3-13,15H,14H2,1-2H3,(H2,25,26,27,30)/b24-13-. The predicted molar refractivity (Wildman–Crippen MR) is 121 cm³/mol. The molecular formula is C23H22N6O2. The molecule has 2 heterocycles. The van der Waals surface area contributed by atoms with Crippen molar-refractivity contribution in [3.8, 4) is 17.0 Å². The van der Waals surface area contributed by atoms with Crippen molar-refractivity contribution in [2.24, 2.45) is 5.10 Å². The van der Waals surface area contributed by atoms with E-state index in [1.807, 2.05) is 53.3 Å². The second-order valence-electron chi connectivity index (χ2n) is 6.92. The van der Waals surface area contributed by atoms with Crippen LogP contribution in [0.5, 0.6) is 5.75 Å². The summed E-state index contributed by atoms with van der Waals surface area (Å²) in [6.07, 6.45) is 3.57. The molecule has 0 radical (unpaired) electrons. The minimum absolute atomic E-state index is 0.240. The first-order chi connectivity index (χ1) is 15.1. The van der Waals surface area contributed by atoms with E-state index in [1.165, 1.54) is 6.07 Å². The third-order valence-electron chi connectivity index (χ3n) is 4.58. The second kappa shape index (κ2) is 9.08. The normalized spacial score (nSPS) is 11.0. The van der Waals surface area contributed by atoms with Crippen LogP contribution in [-0.2, 0) is 6.54 Å². The third-order valence-corrected chi connectivity index (χ3v) is 4.58. The molecule has 8 heteroatoms. The molecule has 0 fully saturated rings. The van der Waals surface area contributed by atoms with Gasteiger partial charge in [0.15, 0.2) is 0 Å². The van der Waals surface area contributed by atoms with Crippen molar-refractivity contribution in [3.05, 3.63) is 94.0 Å². The van der Waals surface area contributed by atoms with E-state index in [-0.39, 0.29) is 11.5 Å². The molecule has 8 nitrogen and oxygen atoms in total. The lowest BCUT2D eigenvalue weighted by Gasteiger charge is -2.06. The fourth-order valence-electron chi connectivity index (χ4n) is 3.23. The Morgan fingerprint density at radius 1 is 1.16 bits per heavy atom. The fourth-order valence-corrected chi connectivity index (χ4v) is 3.23. The molecule has 4 rings (SSSR count). The van der Waals surface area contributed by atoms with E-state index in [0.717, 1.165) is 28.1 Å². The number of benzene rings is 2. The van der Waals surface area contributed by atoms with Crippen LogP contribution >= 0.6 is 0 Å².